The summed E-state index contributed by atoms with van der Waals surface area (Å²) in [5, 5.41) is 0. The van der Waals surface area contributed by atoms with Gasteiger partial charge in [-0.15, -0.1) is 0 Å². The normalized spacial score (nSPS) is 29.3. The summed E-state index contributed by atoms with van der Waals surface area (Å²) < 4.78 is 29.3. The van der Waals surface area contributed by atoms with Crippen molar-refractivity contribution in [1.29, 1.82) is 0 Å². The van der Waals surface area contributed by atoms with E-state index in [0.29, 0.717) is 13.2 Å². The minimum Gasteiger partial charge on any atom is -0.472 e. The van der Waals surface area contributed by atoms with Gasteiger partial charge < -0.3 is 23.7 Å². The Morgan fingerprint density at radius 1 is 1.00 bits per heavy atom. The van der Waals surface area contributed by atoms with Crippen LogP contribution in [0.25, 0.3) is 0 Å². The van der Waals surface area contributed by atoms with Crippen molar-refractivity contribution in [2.45, 2.75) is 97.2 Å². The van der Waals surface area contributed by atoms with Gasteiger partial charge in [-0.3, -0.25) is 0 Å². The summed E-state index contributed by atoms with van der Waals surface area (Å²) in [6.45, 7) is 9.74. The lowest BCUT2D eigenvalue weighted by Gasteiger charge is -2.43. The van der Waals surface area contributed by atoms with E-state index in [1.54, 1.807) is 13.4 Å². The van der Waals surface area contributed by atoms with E-state index < -0.39 is 0 Å². The first-order chi connectivity index (χ1) is 13.6. The summed E-state index contributed by atoms with van der Waals surface area (Å²) in [7, 11) is 3.52. The molecule has 0 bridgehead atoms. The Morgan fingerprint density at radius 2 is 1.75 bits per heavy atom. The average molecular weight is 401 g/mol. The molecule has 6 atom stereocenters. The number of hydrogen-bond acceptors (Lipinski definition) is 5. The second-order valence-corrected chi connectivity index (χ2v) is 8.01. The lowest BCUT2D eigenvalue weighted by molar-refractivity contribution is -0.260. The standard InChI is InChI=1S/C23H44O5/c1-7-9-10-11-12-13-20(25-6)14-16-26-22-18(3)21(17-24-5)28-23(19(22)4)27-15-8-2/h8,15,18-23H,7,9-14,16-17H2,1-6H3/b15-8-/t18-,19-,20-,21-,22?,23+/m1/s1. The highest BCUT2D eigenvalue weighted by Crippen LogP contribution is 2.33. The average Bonchev–Trinajstić information content (AvgIpc) is 2.70. The van der Waals surface area contributed by atoms with E-state index in [1.165, 1.54) is 32.1 Å². The highest BCUT2D eigenvalue weighted by Gasteiger charge is 2.43. The van der Waals surface area contributed by atoms with Crippen molar-refractivity contribution in [3.05, 3.63) is 12.3 Å². The fourth-order valence-electron chi connectivity index (χ4n) is 3.93. The van der Waals surface area contributed by atoms with Crippen molar-refractivity contribution < 1.29 is 23.7 Å². The molecule has 5 heteroatoms. The molecular weight excluding hydrogens is 356 g/mol. The molecule has 1 aliphatic rings. The van der Waals surface area contributed by atoms with Crippen LogP contribution in [0.15, 0.2) is 12.3 Å². The fourth-order valence-corrected chi connectivity index (χ4v) is 3.93. The molecular formula is C23H44O5. The predicted molar refractivity (Wildman–Crippen MR) is 113 cm³/mol. The van der Waals surface area contributed by atoms with Crippen molar-refractivity contribution in [1.82, 2.24) is 0 Å². The Kier molecular flexibility index (Phi) is 13.8. The molecule has 166 valence electrons. The molecule has 5 nitrogen and oxygen atoms in total. The summed E-state index contributed by atoms with van der Waals surface area (Å²) in [6, 6.07) is 0. The van der Waals surface area contributed by atoms with E-state index in [0.717, 1.165) is 12.8 Å². The number of unbranched alkanes of at least 4 members (excludes halogenated alkanes) is 4. The molecule has 1 aliphatic heterocycles. The molecule has 0 saturated carbocycles. The Morgan fingerprint density at radius 3 is 2.39 bits per heavy atom. The third kappa shape index (κ3) is 8.81. The quantitative estimate of drug-likeness (QED) is 0.275. The summed E-state index contributed by atoms with van der Waals surface area (Å²) >= 11 is 0. The molecule has 1 unspecified atom stereocenters. The maximum absolute atomic E-state index is 6.35. The van der Waals surface area contributed by atoms with Gasteiger partial charge in [0.05, 0.1) is 31.2 Å². The van der Waals surface area contributed by atoms with Crippen LogP contribution in [0, 0.1) is 11.8 Å². The molecule has 0 radical (unpaired) electrons. The van der Waals surface area contributed by atoms with Crippen molar-refractivity contribution in [3.63, 3.8) is 0 Å². The van der Waals surface area contributed by atoms with Gasteiger partial charge in [-0.25, -0.2) is 0 Å². The van der Waals surface area contributed by atoms with E-state index in [1.807, 2.05) is 20.1 Å². The second-order valence-electron chi connectivity index (χ2n) is 8.01. The van der Waals surface area contributed by atoms with Crippen molar-refractivity contribution in [2.75, 3.05) is 27.4 Å². The van der Waals surface area contributed by atoms with Crippen LogP contribution in [0.4, 0.5) is 0 Å². The van der Waals surface area contributed by atoms with Gasteiger partial charge in [-0.2, -0.15) is 0 Å². The number of allylic oxidation sites excluding steroid dienone is 1. The number of hydrogen-bond donors (Lipinski definition) is 0. The first-order valence-corrected chi connectivity index (χ1v) is 11.1. The highest BCUT2D eigenvalue weighted by molar-refractivity contribution is 4.87. The molecule has 0 aliphatic carbocycles. The fraction of sp³-hybridized carbons (Fsp3) is 0.913. The SMILES string of the molecule is C/C=C\O[C@H]1O[C@H](COC)[C@@H](C)C(OCC[C@@H](CCCCCCC)OC)[C@H]1C. The van der Waals surface area contributed by atoms with Crippen molar-refractivity contribution in [2.24, 2.45) is 11.8 Å². The van der Waals surface area contributed by atoms with Crippen LogP contribution in [0.1, 0.15) is 72.6 Å². The van der Waals surface area contributed by atoms with Crippen LogP contribution in [0.3, 0.4) is 0 Å². The third-order valence-corrected chi connectivity index (χ3v) is 5.75. The maximum atomic E-state index is 6.35. The second kappa shape index (κ2) is 15.3. The van der Waals surface area contributed by atoms with E-state index in [2.05, 4.69) is 20.8 Å². The lowest BCUT2D eigenvalue weighted by Crippen LogP contribution is -2.52. The molecule has 0 aromatic carbocycles. The molecule has 0 aromatic rings. The smallest absolute Gasteiger partial charge is 0.204 e. The van der Waals surface area contributed by atoms with Gasteiger partial charge in [0, 0.05) is 32.7 Å². The molecule has 28 heavy (non-hydrogen) atoms. The first-order valence-electron chi connectivity index (χ1n) is 11.1. The Labute approximate surface area is 173 Å². The molecule has 1 rings (SSSR count). The summed E-state index contributed by atoms with van der Waals surface area (Å²) in [5.41, 5.74) is 0. The van der Waals surface area contributed by atoms with Crippen LogP contribution >= 0.6 is 0 Å². The zero-order valence-electron chi connectivity index (χ0n) is 19.0. The van der Waals surface area contributed by atoms with E-state index >= 15 is 0 Å². The van der Waals surface area contributed by atoms with Gasteiger partial charge in [0.25, 0.3) is 0 Å². The predicted octanol–water partition coefficient (Wildman–Crippen LogP) is 5.33. The summed E-state index contributed by atoms with van der Waals surface area (Å²) in [6.07, 6.45) is 12.1. The van der Waals surface area contributed by atoms with Gasteiger partial charge in [0.1, 0.15) is 0 Å². The zero-order valence-corrected chi connectivity index (χ0v) is 19.0. The summed E-state index contributed by atoms with van der Waals surface area (Å²) in [4.78, 5) is 0. The number of methoxy groups -OCH3 is 2. The molecule has 0 N–H and O–H groups in total. The Bertz CT molecular complexity index is 400. The molecule has 1 fully saturated rings. The molecule has 1 saturated heterocycles. The van der Waals surface area contributed by atoms with Crippen molar-refractivity contribution in [3.8, 4) is 0 Å². The molecule has 0 spiro atoms. The highest BCUT2D eigenvalue weighted by atomic mass is 16.7. The largest absolute Gasteiger partial charge is 0.472 e. The molecule has 0 aromatic heterocycles. The van der Waals surface area contributed by atoms with Crippen LogP contribution < -0.4 is 0 Å². The molecule has 0 amide bonds. The summed E-state index contributed by atoms with van der Waals surface area (Å²) in [5.74, 6) is 0.393. The van der Waals surface area contributed by atoms with E-state index in [4.69, 9.17) is 23.7 Å². The van der Waals surface area contributed by atoms with Gasteiger partial charge in [0.2, 0.25) is 6.29 Å². The van der Waals surface area contributed by atoms with Crippen LogP contribution in [0.5, 0.6) is 0 Å². The lowest BCUT2D eigenvalue weighted by atomic mass is 9.85. The van der Waals surface area contributed by atoms with Gasteiger partial charge >= 0.3 is 0 Å². The number of ether oxygens (including phenoxy) is 5. The monoisotopic (exact) mass is 400 g/mol. The van der Waals surface area contributed by atoms with Crippen LogP contribution in [-0.2, 0) is 23.7 Å². The zero-order chi connectivity index (χ0) is 20.8. The Balaban J connectivity index is 2.50. The van der Waals surface area contributed by atoms with E-state index in [9.17, 15) is 0 Å². The van der Waals surface area contributed by atoms with Crippen LogP contribution in [-0.4, -0.2) is 52.0 Å². The molecule has 1 heterocycles. The first kappa shape index (κ1) is 25.4. The Hall–Kier alpha value is -0.620. The van der Waals surface area contributed by atoms with E-state index in [-0.39, 0.29) is 36.4 Å². The van der Waals surface area contributed by atoms with Gasteiger partial charge in [-0.1, -0.05) is 59.0 Å². The number of rotatable bonds is 15. The third-order valence-electron chi connectivity index (χ3n) is 5.75. The minimum atomic E-state index is -0.311. The van der Waals surface area contributed by atoms with Crippen LogP contribution in [0.2, 0.25) is 0 Å². The van der Waals surface area contributed by atoms with Gasteiger partial charge in [0.15, 0.2) is 0 Å². The van der Waals surface area contributed by atoms with Gasteiger partial charge in [-0.05, 0) is 19.8 Å². The maximum Gasteiger partial charge on any atom is 0.204 e. The minimum absolute atomic E-state index is 0.0294. The van der Waals surface area contributed by atoms with Crippen molar-refractivity contribution >= 4 is 0 Å². The topological polar surface area (TPSA) is 46.2 Å².